The molecule has 0 N–H and O–H groups in total. The molecule has 1 aromatic carbocycles. The van der Waals surface area contributed by atoms with E-state index in [9.17, 15) is 0 Å². The van der Waals surface area contributed by atoms with Gasteiger partial charge in [-0.2, -0.15) is 0 Å². The first-order valence-electron chi connectivity index (χ1n) is 5.94. The summed E-state index contributed by atoms with van der Waals surface area (Å²) in [5.41, 5.74) is 1.75. The van der Waals surface area contributed by atoms with Gasteiger partial charge in [0, 0.05) is 11.3 Å². The number of para-hydroxylation sites is 1. The van der Waals surface area contributed by atoms with Gasteiger partial charge in [-0.05, 0) is 25.0 Å². The maximum atomic E-state index is 5.53. The van der Waals surface area contributed by atoms with E-state index in [4.69, 9.17) is 9.15 Å². The Morgan fingerprint density at radius 3 is 2.94 bits per heavy atom. The molecule has 1 aliphatic carbocycles. The molecule has 2 nitrogen and oxygen atoms in total. The first-order chi connectivity index (χ1) is 8.38. The summed E-state index contributed by atoms with van der Waals surface area (Å²) in [5, 5.41) is 1.04. The molecular weight excluding hydrogens is 212 g/mol. The lowest BCUT2D eigenvalue weighted by Crippen LogP contribution is -2.07. The number of hydrogen-bond donors (Lipinski definition) is 0. The SMILES string of the molecule is COc1cccc2c(C#CC3CCC3)coc12. The van der Waals surface area contributed by atoms with Crippen molar-refractivity contribution in [3.63, 3.8) is 0 Å². The first kappa shape index (κ1) is 10.3. The highest BCUT2D eigenvalue weighted by Crippen LogP contribution is 2.30. The van der Waals surface area contributed by atoms with Crippen molar-refractivity contribution in [1.29, 1.82) is 0 Å². The molecule has 1 saturated carbocycles. The molecule has 0 bridgehead atoms. The second-order valence-corrected chi connectivity index (χ2v) is 4.38. The molecule has 2 heteroatoms. The Labute approximate surface area is 101 Å². The standard InChI is InChI=1S/C15H14O2/c1-16-14-7-3-6-13-12(10-17-15(13)14)9-8-11-4-2-5-11/h3,6-7,10-11H,2,4-5H2,1H3. The molecule has 3 rings (SSSR count). The fraction of sp³-hybridized carbons (Fsp3) is 0.333. The predicted molar refractivity (Wildman–Crippen MR) is 67.0 cm³/mol. The van der Waals surface area contributed by atoms with Gasteiger partial charge in [0.1, 0.15) is 6.26 Å². The van der Waals surface area contributed by atoms with Crippen molar-refractivity contribution in [2.45, 2.75) is 19.3 Å². The average molecular weight is 226 g/mol. The van der Waals surface area contributed by atoms with Gasteiger partial charge < -0.3 is 9.15 Å². The molecule has 0 radical (unpaired) electrons. The van der Waals surface area contributed by atoms with Crippen LogP contribution in [0.25, 0.3) is 11.0 Å². The van der Waals surface area contributed by atoms with Crippen LogP contribution in [0.5, 0.6) is 5.75 Å². The minimum absolute atomic E-state index is 0.588. The number of fused-ring (bicyclic) bond motifs is 1. The first-order valence-corrected chi connectivity index (χ1v) is 5.94. The quantitative estimate of drug-likeness (QED) is 0.693. The summed E-state index contributed by atoms with van der Waals surface area (Å²) in [5.74, 6) is 7.87. The van der Waals surface area contributed by atoms with Crippen LogP contribution >= 0.6 is 0 Å². The summed E-state index contributed by atoms with van der Waals surface area (Å²) in [7, 11) is 1.65. The molecule has 1 aliphatic rings. The molecule has 2 aromatic rings. The van der Waals surface area contributed by atoms with Gasteiger partial charge in [0.15, 0.2) is 11.3 Å². The highest BCUT2D eigenvalue weighted by molar-refractivity contribution is 5.88. The van der Waals surface area contributed by atoms with E-state index in [0.29, 0.717) is 5.92 Å². The van der Waals surface area contributed by atoms with Crippen LogP contribution in [0.3, 0.4) is 0 Å². The summed E-state index contributed by atoms with van der Waals surface area (Å²) in [6.45, 7) is 0. The second-order valence-electron chi connectivity index (χ2n) is 4.38. The lowest BCUT2D eigenvalue weighted by Gasteiger charge is -2.18. The monoisotopic (exact) mass is 226 g/mol. The molecule has 1 fully saturated rings. The van der Waals surface area contributed by atoms with E-state index in [0.717, 1.165) is 22.3 Å². The van der Waals surface area contributed by atoms with Crippen molar-refractivity contribution in [2.75, 3.05) is 7.11 Å². The highest BCUT2D eigenvalue weighted by Gasteiger charge is 2.14. The van der Waals surface area contributed by atoms with Gasteiger partial charge in [-0.25, -0.2) is 0 Å². The fourth-order valence-corrected chi connectivity index (χ4v) is 2.02. The number of hydrogen-bond acceptors (Lipinski definition) is 2. The Balaban J connectivity index is 2.01. The number of methoxy groups -OCH3 is 1. The van der Waals surface area contributed by atoms with Gasteiger partial charge in [-0.1, -0.05) is 24.3 Å². The van der Waals surface area contributed by atoms with E-state index < -0.39 is 0 Å². The van der Waals surface area contributed by atoms with Crippen LogP contribution in [0.1, 0.15) is 24.8 Å². The normalized spacial score (nSPS) is 15.1. The van der Waals surface area contributed by atoms with Gasteiger partial charge in [0.2, 0.25) is 0 Å². The summed E-state index contributed by atoms with van der Waals surface area (Å²) >= 11 is 0. The summed E-state index contributed by atoms with van der Waals surface area (Å²) in [4.78, 5) is 0. The summed E-state index contributed by atoms with van der Waals surface area (Å²) < 4.78 is 10.8. The molecule has 1 heterocycles. The number of ether oxygens (including phenoxy) is 1. The molecule has 1 aromatic heterocycles. The van der Waals surface area contributed by atoms with Crippen LogP contribution in [-0.4, -0.2) is 7.11 Å². The van der Waals surface area contributed by atoms with E-state index in [2.05, 4.69) is 11.8 Å². The van der Waals surface area contributed by atoms with Crippen molar-refractivity contribution in [3.05, 3.63) is 30.0 Å². The van der Waals surface area contributed by atoms with Gasteiger partial charge in [-0.3, -0.25) is 0 Å². The molecule has 0 atom stereocenters. The number of furan rings is 1. The Hall–Kier alpha value is -1.88. The van der Waals surface area contributed by atoms with Crippen LogP contribution in [0, 0.1) is 17.8 Å². The maximum Gasteiger partial charge on any atom is 0.176 e. The highest BCUT2D eigenvalue weighted by atomic mass is 16.5. The third kappa shape index (κ3) is 1.78. The Kier molecular flexibility index (Phi) is 2.53. The Morgan fingerprint density at radius 2 is 2.24 bits per heavy atom. The largest absolute Gasteiger partial charge is 0.493 e. The average Bonchev–Trinajstić information content (AvgIpc) is 2.70. The molecule has 0 saturated heterocycles. The second kappa shape index (κ2) is 4.18. The molecule has 0 spiro atoms. The third-order valence-electron chi connectivity index (χ3n) is 3.30. The van der Waals surface area contributed by atoms with Crippen LogP contribution in [-0.2, 0) is 0 Å². The van der Waals surface area contributed by atoms with E-state index in [1.54, 1.807) is 13.4 Å². The van der Waals surface area contributed by atoms with Crippen LogP contribution in [0.4, 0.5) is 0 Å². The van der Waals surface area contributed by atoms with E-state index >= 15 is 0 Å². The van der Waals surface area contributed by atoms with Gasteiger partial charge in [0.05, 0.1) is 12.7 Å². The van der Waals surface area contributed by atoms with Crippen molar-refractivity contribution in [2.24, 2.45) is 5.92 Å². The van der Waals surface area contributed by atoms with E-state index in [1.165, 1.54) is 19.3 Å². The summed E-state index contributed by atoms with van der Waals surface area (Å²) in [6.07, 6.45) is 5.52. The van der Waals surface area contributed by atoms with Crippen molar-refractivity contribution in [1.82, 2.24) is 0 Å². The van der Waals surface area contributed by atoms with E-state index in [1.807, 2.05) is 18.2 Å². The van der Waals surface area contributed by atoms with Crippen molar-refractivity contribution < 1.29 is 9.15 Å². The molecule has 0 aliphatic heterocycles. The zero-order valence-electron chi connectivity index (χ0n) is 9.82. The number of benzene rings is 1. The van der Waals surface area contributed by atoms with Crippen LogP contribution in [0.15, 0.2) is 28.9 Å². The van der Waals surface area contributed by atoms with E-state index in [-0.39, 0.29) is 0 Å². The molecule has 86 valence electrons. The lowest BCUT2D eigenvalue weighted by atomic mass is 9.86. The fourth-order valence-electron chi connectivity index (χ4n) is 2.02. The Morgan fingerprint density at radius 1 is 1.35 bits per heavy atom. The zero-order valence-corrected chi connectivity index (χ0v) is 9.82. The van der Waals surface area contributed by atoms with Gasteiger partial charge in [-0.15, -0.1) is 0 Å². The minimum atomic E-state index is 0.588. The minimum Gasteiger partial charge on any atom is -0.493 e. The van der Waals surface area contributed by atoms with Crippen LogP contribution < -0.4 is 4.74 Å². The predicted octanol–water partition coefficient (Wildman–Crippen LogP) is 3.59. The lowest BCUT2D eigenvalue weighted by molar-refractivity contribution is 0.401. The number of rotatable bonds is 1. The van der Waals surface area contributed by atoms with Gasteiger partial charge >= 0.3 is 0 Å². The topological polar surface area (TPSA) is 22.4 Å². The van der Waals surface area contributed by atoms with Gasteiger partial charge in [0.25, 0.3) is 0 Å². The molecule has 0 unspecified atom stereocenters. The molecule has 0 amide bonds. The van der Waals surface area contributed by atoms with Crippen molar-refractivity contribution >= 4 is 11.0 Å². The zero-order chi connectivity index (χ0) is 11.7. The Bertz CT molecular complexity index is 594. The molecule has 17 heavy (non-hydrogen) atoms. The summed E-state index contributed by atoms with van der Waals surface area (Å²) in [6, 6.07) is 5.88. The smallest absolute Gasteiger partial charge is 0.176 e. The molecular formula is C15H14O2. The van der Waals surface area contributed by atoms with Crippen molar-refractivity contribution in [3.8, 4) is 17.6 Å². The maximum absolute atomic E-state index is 5.53. The third-order valence-corrected chi connectivity index (χ3v) is 3.30. The van der Waals surface area contributed by atoms with Crippen LogP contribution in [0.2, 0.25) is 0 Å².